The average molecular weight is 480 g/mol. The molecule has 0 unspecified atom stereocenters. The van der Waals surface area contributed by atoms with Crippen LogP contribution >= 0.6 is 0 Å². The van der Waals surface area contributed by atoms with Crippen LogP contribution in [0.4, 0.5) is 38.5 Å². The van der Waals surface area contributed by atoms with Gasteiger partial charge in [-0.3, -0.25) is 10.6 Å². The number of carbonyl (C=O) groups is 2. The van der Waals surface area contributed by atoms with E-state index in [0.717, 1.165) is 14.2 Å². The summed E-state index contributed by atoms with van der Waals surface area (Å²) in [4.78, 5) is 22.4. The molecule has 3 aromatic carbocycles. The molecule has 178 valence electrons. The van der Waals surface area contributed by atoms with Crippen LogP contribution in [-0.4, -0.2) is 26.4 Å². The molecule has 0 saturated carbocycles. The lowest BCUT2D eigenvalue weighted by Gasteiger charge is -2.14. The Morgan fingerprint density at radius 1 is 0.588 bits per heavy atom. The smallest absolute Gasteiger partial charge is 0.411 e. The van der Waals surface area contributed by atoms with Crippen molar-refractivity contribution in [2.75, 3.05) is 24.9 Å². The van der Waals surface area contributed by atoms with E-state index in [1.165, 1.54) is 48.5 Å². The zero-order valence-electron chi connectivity index (χ0n) is 17.6. The lowest BCUT2D eigenvalue weighted by Crippen LogP contribution is -2.10. The SMILES string of the molecule is COC(=O)Nc1ccc(Oc2c(F)c(F)c(Oc3ccc(NC(=O)OC)cc3)c(F)c2F)cc1. The van der Waals surface area contributed by atoms with Crippen LogP contribution in [-0.2, 0) is 9.47 Å². The molecule has 12 heteroatoms. The number of carbonyl (C=O) groups excluding carboxylic acids is 2. The van der Waals surface area contributed by atoms with Crippen LogP contribution < -0.4 is 20.1 Å². The first-order valence-electron chi connectivity index (χ1n) is 9.35. The summed E-state index contributed by atoms with van der Waals surface area (Å²) in [6, 6.07) is 10.1. The van der Waals surface area contributed by atoms with Gasteiger partial charge in [-0.15, -0.1) is 0 Å². The fourth-order valence-corrected chi connectivity index (χ4v) is 2.56. The monoisotopic (exact) mass is 480 g/mol. The molecule has 0 aliphatic carbocycles. The minimum absolute atomic E-state index is 0.172. The zero-order valence-corrected chi connectivity index (χ0v) is 17.6. The van der Waals surface area contributed by atoms with Crippen LogP contribution in [0.25, 0.3) is 0 Å². The number of hydrogen-bond acceptors (Lipinski definition) is 6. The first-order valence-corrected chi connectivity index (χ1v) is 9.35. The molecule has 0 heterocycles. The summed E-state index contributed by atoms with van der Waals surface area (Å²) in [5.41, 5.74) is 0.545. The molecular formula is C22H16F4N2O6. The van der Waals surface area contributed by atoms with Crippen molar-refractivity contribution in [2.24, 2.45) is 0 Å². The molecule has 0 spiro atoms. The Labute approximate surface area is 190 Å². The van der Waals surface area contributed by atoms with Crippen LogP contribution in [0.2, 0.25) is 0 Å². The molecule has 3 rings (SSSR count). The van der Waals surface area contributed by atoms with Crippen molar-refractivity contribution in [2.45, 2.75) is 0 Å². The summed E-state index contributed by atoms with van der Waals surface area (Å²) in [5, 5.41) is 4.68. The van der Waals surface area contributed by atoms with E-state index >= 15 is 0 Å². The maximum atomic E-state index is 14.5. The summed E-state index contributed by atoms with van der Waals surface area (Å²) >= 11 is 0. The predicted octanol–water partition coefficient (Wildman–Crippen LogP) is 6.18. The minimum Gasteiger partial charge on any atom is -0.453 e. The standard InChI is InChI=1S/C22H16F4N2O6/c1-31-21(29)27-11-3-7-13(8-4-11)33-19-15(23)17(25)20(18(26)16(19)24)34-14-9-5-12(6-10-14)28-22(30)32-2/h3-10H,1-2H3,(H,27,29)(H,28,30). The topological polar surface area (TPSA) is 95.1 Å². The van der Waals surface area contributed by atoms with Crippen LogP contribution in [0, 0.1) is 23.3 Å². The molecule has 34 heavy (non-hydrogen) atoms. The summed E-state index contributed by atoms with van der Waals surface area (Å²) < 4.78 is 76.8. The predicted molar refractivity (Wildman–Crippen MR) is 111 cm³/mol. The highest BCUT2D eigenvalue weighted by molar-refractivity contribution is 5.85. The van der Waals surface area contributed by atoms with Crippen LogP contribution in [0.1, 0.15) is 0 Å². The fraction of sp³-hybridized carbons (Fsp3) is 0.0909. The number of amides is 2. The van der Waals surface area contributed by atoms with E-state index in [1.807, 2.05) is 0 Å². The van der Waals surface area contributed by atoms with Gasteiger partial charge in [0.1, 0.15) is 11.5 Å². The van der Waals surface area contributed by atoms with Gasteiger partial charge in [-0.25, -0.2) is 9.59 Å². The van der Waals surface area contributed by atoms with E-state index in [0.29, 0.717) is 0 Å². The Hall–Kier alpha value is -4.48. The largest absolute Gasteiger partial charge is 0.453 e. The van der Waals surface area contributed by atoms with E-state index in [-0.39, 0.29) is 22.9 Å². The maximum Gasteiger partial charge on any atom is 0.411 e. The van der Waals surface area contributed by atoms with Gasteiger partial charge >= 0.3 is 12.2 Å². The van der Waals surface area contributed by atoms with Gasteiger partial charge in [0.15, 0.2) is 0 Å². The highest BCUT2D eigenvalue weighted by Gasteiger charge is 2.29. The number of hydrogen-bond donors (Lipinski definition) is 2. The Balaban J connectivity index is 1.81. The third kappa shape index (κ3) is 5.46. The van der Waals surface area contributed by atoms with Crippen LogP contribution in [0.15, 0.2) is 48.5 Å². The molecule has 0 atom stereocenters. The van der Waals surface area contributed by atoms with Gasteiger partial charge in [-0.2, -0.15) is 17.6 Å². The van der Waals surface area contributed by atoms with Crippen molar-refractivity contribution < 1.29 is 46.1 Å². The van der Waals surface area contributed by atoms with Crippen molar-refractivity contribution in [3.63, 3.8) is 0 Å². The van der Waals surface area contributed by atoms with Gasteiger partial charge in [-0.05, 0) is 48.5 Å². The molecular weight excluding hydrogens is 464 g/mol. The molecule has 0 fully saturated rings. The third-order valence-corrected chi connectivity index (χ3v) is 4.19. The van der Waals surface area contributed by atoms with Gasteiger partial charge in [0.05, 0.1) is 14.2 Å². The van der Waals surface area contributed by atoms with Crippen LogP contribution in [0.5, 0.6) is 23.0 Å². The minimum atomic E-state index is -1.82. The number of halogens is 4. The van der Waals surface area contributed by atoms with Crippen molar-refractivity contribution in [1.82, 2.24) is 0 Å². The Morgan fingerprint density at radius 3 is 1.15 bits per heavy atom. The third-order valence-electron chi connectivity index (χ3n) is 4.19. The van der Waals surface area contributed by atoms with E-state index in [9.17, 15) is 27.2 Å². The number of ether oxygens (including phenoxy) is 4. The highest BCUT2D eigenvalue weighted by atomic mass is 19.2. The van der Waals surface area contributed by atoms with E-state index < -0.39 is 47.0 Å². The summed E-state index contributed by atoms with van der Waals surface area (Å²) in [6.07, 6.45) is -1.50. The van der Waals surface area contributed by atoms with Gasteiger partial charge in [0, 0.05) is 11.4 Å². The fourth-order valence-electron chi connectivity index (χ4n) is 2.56. The lowest BCUT2D eigenvalue weighted by molar-refractivity contribution is 0.186. The second-order valence-electron chi connectivity index (χ2n) is 6.40. The maximum absolute atomic E-state index is 14.5. The molecule has 2 amide bonds. The number of rotatable bonds is 6. The number of benzene rings is 3. The summed E-state index contributed by atoms with van der Waals surface area (Å²) in [7, 11) is 2.32. The zero-order chi connectivity index (χ0) is 24.8. The van der Waals surface area contributed by atoms with Gasteiger partial charge in [0.2, 0.25) is 34.8 Å². The Morgan fingerprint density at radius 2 is 0.882 bits per heavy atom. The molecule has 3 aromatic rings. The highest BCUT2D eigenvalue weighted by Crippen LogP contribution is 2.39. The second-order valence-corrected chi connectivity index (χ2v) is 6.40. The van der Waals surface area contributed by atoms with Crippen LogP contribution in [0.3, 0.4) is 0 Å². The van der Waals surface area contributed by atoms with E-state index in [2.05, 4.69) is 20.1 Å². The van der Waals surface area contributed by atoms with Crippen molar-refractivity contribution in [3.8, 4) is 23.0 Å². The molecule has 8 nitrogen and oxygen atoms in total. The first kappa shape index (κ1) is 24.2. The quantitative estimate of drug-likeness (QED) is 0.323. The lowest BCUT2D eigenvalue weighted by atomic mass is 10.2. The molecule has 0 aromatic heterocycles. The number of methoxy groups -OCH3 is 2. The number of anilines is 2. The van der Waals surface area contributed by atoms with Gasteiger partial charge in [0.25, 0.3) is 0 Å². The molecule has 0 saturated heterocycles. The summed E-state index contributed by atoms with van der Waals surface area (Å²) in [5.74, 6) is -10.3. The molecule has 0 aliphatic heterocycles. The Kier molecular flexibility index (Phi) is 7.41. The Bertz CT molecular complexity index is 1080. The summed E-state index contributed by atoms with van der Waals surface area (Å²) in [6.45, 7) is 0. The van der Waals surface area contributed by atoms with Gasteiger partial charge < -0.3 is 18.9 Å². The number of nitrogens with one attached hydrogen (secondary N) is 2. The molecule has 2 N–H and O–H groups in total. The molecule has 0 aliphatic rings. The first-order chi connectivity index (χ1) is 16.2. The van der Waals surface area contributed by atoms with E-state index in [1.54, 1.807) is 0 Å². The molecule has 0 radical (unpaired) electrons. The van der Waals surface area contributed by atoms with Crippen molar-refractivity contribution in [3.05, 3.63) is 71.8 Å². The second kappa shape index (κ2) is 10.4. The van der Waals surface area contributed by atoms with Crippen molar-refractivity contribution in [1.29, 1.82) is 0 Å². The molecule has 0 bridgehead atoms. The average Bonchev–Trinajstić information content (AvgIpc) is 2.85. The van der Waals surface area contributed by atoms with E-state index in [4.69, 9.17) is 9.47 Å². The normalized spacial score (nSPS) is 10.3. The van der Waals surface area contributed by atoms with Crippen molar-refractivity contribution >= 4 is 23.6 Å². The van der Waals surface area contributed by atoms with Gasteiger partial charge in [-0.1, -0.05) is 0 Å².